The summed E-state index contributed by atoms with van der Waals surface area (Å²) in [5.41, 5.74) is 7.22. The van der Waals surface area contributed by atoms with Gasteiger partial charge in [-0.15, -0.1) is 0 Å². The van der Waals surface area contributed by atoms with E-state index in [9.17, 15) is 0 Å². The molecule has 0 saturated carbocycles. The first-order chi connectivity index (χ1) is 8.70. The summed E-state index contributed by atoms with van der Waals surface area (Å²) in [5, 5.41) is 11.7. The smallest absolute Gasteiger partial charge is 0.170 e. The molecule has 1 aliphatic heterocycles. The van der Waals surface area contributed by atoms with Crippen LogP contribution in [0, 0.1) is 6.92 Å². The van der Waals surface area contributed by atoms with E-state index in [0.29, 0.717) is 0 Å². The van der Waals surface area contributed by atoms with E-state index < -0.39 is 0 Å². The van der Waals surface area contributed by atoms with Crippen LogP contribution in [-0.4, -0.2) is 30.4 Å². The fourth-order valence-corrected chi connectivity index (χ4v) is 2.04. The monoisotopic (exact) mass is 250 g/mol. The molecule has 0 amide bonds. The molecule has 0 radical (unpaired) electrons. The standard InChI is InChI=1S/C13H18N2O3/c1-9-8-11(2-3-12(9)13(14)15-16)18-10-4-6-17-7-5-10/h2-3,8,10,16H,4-7H2,1H3,(H2,14,15). The van der Waals surface area contributed by atoms with Gasteiger partial charge in [-0.1, -0.05) is 5.16 Å². The molecule has 0 atom stereocenters. The summed E-state index contributed by atoms with van der Waals surface area (Å²) in [6, 6.07) is 5.55. The predicted molar refractivity (Wildman–Crippen MR) is 68.2 cm³/mol. The Labute approximate surface area is 106 Å². The first-order valence-corrected chi connectivity index (χ1v) is 6.03. The van der Waals surface area contributed by atoms with Gasteiger partial charge in [-0.3, -0.25) is 0 Å². The Morgan fingerprint density at radius 2 is 2.17 bits per heavy atom. The second-order valence-corrected chi connectivity index (χ2v) is 4.39. The third kappa shape index (κ3) is 2.92. The molecular weight excluding hydrogens is 232 g/mol. The Morgan fingerprint density at radius 1 is 1.44 bits per heavy atom. The highest BCUT2D eigenvalue weighted by Gasteiger charge is 2.15. The van der Waals surface area contributed by atoms with E-state index >= 15 is 0 Å². The lowest BCUT2D eigenvalue weighted by molar-refractivity contribution is 0.0255. The van der Waals surface area contributed by atoms with Gasteiger partial charge in [-0.05, 0) is 30.7 Å². The molecule has 1 aromatic carbocycles. The Bertz CT molecular complexity index is 440. The highest BCUT2D eigenvalue weighted by Crippen LogP contribution is 2.21. The van der Waals surface area contributed by atoms with Crippen molar-refractivity contribution in [3.63, 3.8) is 0 Å². The number of aryl methyl sites for hydroxylation is 1. The van der Waals surface area contributed by atoms with Gasteiger partial charge in [0.1, 0.15) is 11.9 Å². The molecule has 0 aliphatic carbocycles. The molecule has 1 heterocycles. The topological polar surface area (TPSA) is 77.1 Å². The summed E-state index contributed by atoms with van der Waals surface area (Å²) in [6.45, 7) is 3.42. The van der Waals surface area contributed by atoms with Crippen molar-refractivity contribution in [3.05, 3.63) is 29.3 Å². The van der Waals surface area contributed by atoms with Crippen LogP contribution >= 0.6 is 0 Å². The van der Waals surface area contributed by atoms with Gasteiger partial charge >= 0.3 is 0 Å². The number of hydrogen-bond donors (Lipinski definition) is 2. The van der Waals surface area contributed by atoms with Gasteiger partial charge in [-0.25, -0.2) is 0 Å². The van der Waals surface area contributed by atoms with Crippen molar-refractivity contribution in [3.8, 4) is 5.75 Å². The summed E-state index contributed by atoms with van der Waals surface area (Å²) >= 11 is 0. The fraction of sp³-hybridized carbons (Fsp3) is 0.462. The zero-order valence-electron chi connectivity index (χ0n) is 10.4. The maximum Gasteiger partial charge on any atom is 0.170 e. The van der Waals surface area contributed by atoms with Crippen molar-refractivity contribution in [1.29, 1.82) is 0 Å². The van der Waals surface area contributed by atoms with Crippen molar-refractivity contribution in [2.45, 2.75) is 25.9 Å². The average molecular weight is 250 g/mol. The van der Waals surface area contributed by atoms with Crippen LogP contribution < -0.4 is 10.5 Å². The number of oxime groups is 1. The normalized spacial score (nSPS) is 17.7. The van der Waals surface area contributed by atoms with Crippen molar-refractivity contribution in [2.75, 3.05) is 13.2 Å². The van der Waals surface area contributed by atoms with E-state index in [4.69, 9.17) is 20.4 Å². The minimum atomic E-state index is 0.116. The van der Waals surface area contributed by atoms with Crippen LogP contribution in [-0.2, 0) is 4.74 Å². The fourth-order valence-electron chi connectivity index (χ4n) is 2.04. The lowest BCUT2D eigenvalue weighted by Gasteiger charge is -2.23. The zero-order valence-corrected chi connectivity index (χ0v) is 10.4. The average Bonchev–Trinajstić information content (AvgIpc) is 2.39. The highest BCUT2D eigenvalue weighted by molar-refractivity contribution is 5.98. The van der Waals surface area contributed by atoms with E-state index in [2.05, 4.69) is 5.16 Å². The molecule has 1 aromatic rings. The van der Waals surface area contributed by atoms with E-state index in [1.54, 1.807) is 6.07 Å². The van der Waals surface area contributed by atoms with Crippen LogP contribution in [0.15, 0.2) is 23.4 Å². The van der Waals surface area contributed by atoms with Gasteiger partial charge in [0.15, 0.2) is 5.84 Å². The second-order valence-electron chi connectivity index (χ2n) is 4.39. The molecule has 98 valence electrons. The molecule has 1 aliphatic rings. The SMILES string of the molecule is Cc1cc(OC2CCOCC2)ccc1/C(N)=N/O. The summed E-state index contributed by atoms with van der Waals surface area (Å²) in [5.74, 6) is 0.930. The summed E-state index contributed by atoms with van der Waals surface area (Å²) in [7, 11) is 0. The molecule has 5 nitrogen and oxygen atoms in total. The number of nitrogens with zero attached hydrogens (tertiary/aromatic N) is 1. The minimum Gasteiger partial charge on any atom is -0.490 e. The number of rotatable bonds is 3. The molecule has 5 heteroatoms. The predicted octanol–water partition coefficient (Wildman–Crippen LogP) is 1.65. The Morgan fingerprint density at radius 3 is 2.78 bits per heavy atom. The van der Waals surface area contributed by atoms with Crippen molar-refractivity contribution in [1.82, 2.24) is 0 Å². The molecule has 2 rings (SSSR count). The highest BCUT2D eigenvalue weighted by atomic mass is 16.5. The van der Waals surface area contributed by atoms with Gasteiger partial charge in [0.2, 0.25) is 0 Å². The number of ether oxygens (including phenoxy) is 2. The van der Waals surface area contributed by atoms with Crippen molar-refractivity contribution < 1.29 is 14.7 Å². The van der Waals surface area contributed by atoms with Crippen LogP contribution in [0.25, 0.3) is 0 Å². The second kappa shape index (κ2) is 5.73. The zero-order chi connectivity index (χ0) is 13.0. The van der Waals surface area contributed by atoms with Crippen LogP contribution in [0.1, 0.15) is 24.0 Å². The Hall–Kier alpha value is -1.75. The van der Waals surface area contributed by atoms with Crippen molar-refractivity contribution in [2.24, 2.45) is 10.9 Å². The van der Waals surface area contributed by atoms with Gasteiger partial charge in [0.25, 0.3) is 0 Å². The molecule has 0 unspecified atom stereocenters. The molecular formula is C13H18N2O3. The first kappa shape index (κ1) is 12.7. The number of amidine groups is 1. The molecule has 3 N–H and O–H groups in total. The molecule has 1 fully saturated rings. The summed E-state index contributed by atoms with van der Waals surface area (Å²) in [4.78, 5) is 0. The maximum atomic E-state index is 8.66. The van der Waals surface area contributed by atoms with E-state index in [0.717, 1.165) is 42.9 Å². The van der Waals surface area contributed by atoms with Gasteiger partial charge in [-0.2, -0.15) is 0 Å². The number of hydrogen-bond acceptors (Lipinski definition) is 4. The third-order valence-corrected chi connectivity index (χ3v) is 3.05. The Kier molecular flexibility index (Phi) is 4.04. The van der Waals surface area contributed by atoms with Crippen LogP contribution in [0.3, 0.4) is 0 Å². The maximum absolute atomic E-state index is 8.66. The van der Waals surface area contributed by atoms with Crippen LogP contribution in [0.2, 0.25) is 0 Å². The van der Waals surface area contributed by atoms with Gasteiger partial charge < -0.3 is 20.4 Å². The van der Waals surface area contributed by atoms with E-state index in [1.807, 2.05) is 19.1 Å². The lowest BCUT2D eigenvalue weighted by atomic mass is 10.1. The van der Waals surface area contributed by atoms with Gasteiger partial charge in [0, 0.05) is 18.4 Å². The summed E-state index contributed by atoms with van der Waals surface area (Å²) < 4.78 is 11.2. The first-order valence-electron chi connectivity index (χ1n) is 6.03. The Balaban J connectivity index is 2.08. The molecule has 1 saturated heterocycles. The number of benzene rings is 1. The quantitative estimate of drug-likeness (QED) is 0.370. The number of nitrogens with two attached hydrogens (primary N) is 1. The summed E-state index contributed by atoms with van der Waals surface area (Å²) in [6.07, 6.45) is 2.05. The molecule has 0 spiro atoms. The van der Waals surface area contributed by atoms with E-state index in [1.165, 1.54) is 0 Å². The van der Waals surface area contributed by atoms with E-state index in [-0.39, 0.29) is 11.9 Å². The lowest BCUT2D eigenvalue weighted by Crippen LogP contribution is -2.26. The molecule has 18 heavy (non-hydrogen) atoms. The minimum absolute atomic E-state index is 0.116. The molecule has 0 bridgehead atoms. The largest absolute Gasteiger partial charge is 0.490 e. The van der Waals surface area contributed by atoms with Gasteiger partial charge in [0.05, 0.1) is 13.2 Å². The third-order valence-electron chi connectivity index (χ3n) is 3.05. The van der Waals surface area contributed by atoms with Crippen LogP contribution in [0.5, 0.6) is 5.75 Å². The van der Waals surface area contributed by atoms with Crippen molar-refractivity contribution >= 4 is 5.84 Å². The van der Waals surface area contributed by atoms with Crippen LogP contribution in [0.4, 0.5) is 0 Å². The molecule has 0 aromatic heterocycles.